The minimum Gasteiger partial charge on any atom is -0.508 e. The summed E-state index contributed by atoms with van der Waals surface area (Å²) in [5, 5.41) is 40.6. The van der Waals surface area contributed by atoms with E-state index >= 15 is 0 Å². The second kappa shape index (κ2) is 10.1. The molecule has 1 aromatic rings. The third-order valence-corrected chi connectivity index (χ3v) is 6.09. The largest absolute Gasteiger partial charge is 0.508 e. The van der Waals surface area contributed by atoms with E-state index in [4.69, 9.17) is 23.7 Å². The number of ether oxygens (including phenoxy) is 5. The molecule has 11 nitrogen and oxygen atoms in total. The van der Waals surface area contributed by atoms with E-state index in [9.17, 15) is 30.0 Å². The van der Waals surface area contributed by atoms with Crippen LogP contribution in [-0.2, 0) is 28.5 Å². The molecule has 2 saturated heterocycles. The highest BCUT2D eigenvalue weighted by molar-refractivity contribution is 5.90. The van der Waals surface area contributed by atoms with E-state index in [2.05, 4.69) is 6.58 Å². The quantitative estimate of drug-likeness (QED) is 0.321. The summed E-state index contributed by atoms with van der Waals surface area (Å²) in [4.78, 5) is 24.4. The van der Waals surface area contributed by atoms with Gasteiger partial charge in [-0.15, -0.1) is 6.58 Å². The fraction of sp³-hybridized carbons (Fsp3) is 0.478. The van der Waals surface area contributed by atoms with Gasteiger partial charge in [0.25, 0.3) is 0 Å². The molecule has 0 aliphatic carbocycles. The summed E-state index contributed by atoms with van der Waals surface area (Å²) in [6, 6.07) is 5.38. The van der Waals surface area contributed by atoms with Gasteiger partial charge in [0, 0.05) is 11.8 Å². The van der Waals surface area contributed by atoms with Gasteiger partial charge in [-0.1, -0.05) is 12.1 Å². The number of aliphatic hydroxyl groups excluding tert-OH is 3. The van der Waals surface area contributed by atoms with Crippen LogP contribution in [0.15, 0.2) is 48.8 Å². The summed E-state index contributed by atoms with van der Waals surface area (Å²) in [5.74, 6) is -2.28. The molecule has 3 aliphatic rings. The SMILES string of the molecule is C=C[C@H]1[C@H](O[C@@H]2O[C@H](CO)[C@H](OC(=O)c3cccc(O)c3)[C@H](O)[C@@H]2O)OC=C2C(=O)OCC[C@H]21. The first-order valence-electron chi connectivity index (χ1n) is 10.8. The third-order valence-electron chi connectivity index (χ3n) is 6.09. The molecule has 2 fully saturated rings. The molecule has 34 heavy (non-hydrogen) atoms. The molecular formula is C23H26O11. The standard InChI is InChI=1S/C23H26O11/c1-2-13-14-6-7-30-21(29)15(14)10-31-22(13)34-23-18(27)17(26)19(16(9-24)32-23)33-20(28)11-4-3-5-12(25)8-11/h2-5,8,10,13-14,16-19,22-27H,1,6-7,9H2/t13-,14+,16-,17-,18+,19+,22+,23+/m1/s1. The first-order valence-corrected chi connectivity index (χ1v) is 10.8. The van der Waals surface area contributed by atoms with E-state index in [-0.39, 0.29) is 23.8 Å². The first kappa shape index (κ1) is 24.2. The van der Waals surface area contributed by atoms with E-state index in [1.807, 2.05) is 0 Å². The normalized spacial score (nSPS) is 35.3. The Balaban J connectivity index is 1.46. The number of carbonyl (C=O) groups is 2. The molecule has 0 spiro atoms. The third kappa shape index (κ3) is 4.65. The van der Waals surface area contributed by atoms with Crippen LogP contribution < -0.4 is 0 Å². The Morgan fingerprint density at radius 1 is 1.24 bits per heavy atom. The second-order valence-corrected chi connectivity index (χ2v) is 8.18. The number of esters is 2. The Morgan fingerprint density at radius 2 is 2.03 bits per heavy atom. The van der Waals surface area contributed by atoms with Gasteiger partial charge in [0.2, 0.25) is 6.29 Å². The van der Waals surface area contributed by atoms with E-state index in [1.165, 1.54) is 30.5 Å². The van der Waals surface area contributed by atoms with Crippen molar-refractivity contribution in [2.45, 2.75) is 43.4 Å². The lowest BCUT2D eigenvalue weighted by Crippen LogP contribution is -2.61. The Morgan fingerprint density at radius 3 is 2.74 bits per heavy atom. The number of fused-ring (bicyclic) bond motifs is 1. The number of cyclic esters (lactones) is 1. The van der Waals surface area contributed by atoms with Crippen molar-refractivity contribution in [1.29, 1.82) is 0 Å². The number of carbonyl (C=O) groups excluding carboxylic acids is 2. The summed E-state index contributed by atoms with van der Waals surface area (Å²) in [7, 11) is 0. The van der Waals surface area contributed by atoms with Crippen LogP contribution in [0.25, 0.3) is 0 Å². The van der Waals surface area contributed by atoms with Crippen LogP contribution >= 0.6 is 0 Å². The molecule has 0 amide bonds. The molecule has 1 aromatic carbocycles. The summed E-state index contributed by atoms with van der Waals surface area (Å²) in [6.07, 6.45) is -5.10. The smallest absolute Gasteiger partial charge is 0.338 e. The summed E-state index contributed by atoms with van der Waals surface area (Å²) >= 11 is 0. The number of rotatable bonds is 6. The zero-order valence-corrected chi connectivity index (χ0v) is 18.1. The Kier molecular flexibility index (Phi) is 7.19. The first-order chi connectivity index (χ1) is 16.3. The fourth-order valence-corrected chi connectivity index (χ4v) is 4.29. The molecule has 4 N–H and O–H groups in total. The summed E-state index contributed by atoms with van der Waals surface area (Å²) < 4.78 is 27.2. The van der Waals surface area contributed by atoms with Gasteiger partial charge in [0.15, 0.2) is 12.4 Å². The van der Waals surface area contributed by atoms with Crippen molar-refractivity contribution in [2.24, 2.45) is 11.8 Å². The van der Waals surface area contributed by atoms with Crippen molar-refractivity contribution in [3.8, 4) is 5.75 Å². The predicted molar refractivity (Wildman–Crippen MR) is 112 cm³/mol. The number of hydrogen-bond donors (Lipinski definition) is 4. The topological polar surface area (TPSA) is 161 Å². The van der Waals surface area contributed by atoms with Gasteiger partial charge >= 0.3 is 11.9 Å². The molecule has 11 heteroatoms. The van der Waals surface area contributed by atoms with Gasteiger partial charge in [-0.05, 0) is 24.6 Å². The van der Waals surface area contributed by atoms with Crippen LogP contribution in [0, 0.1) is 11.8 Å². The molecular weight excluding hydrogens is 452 g/mol. The van der Waals surface area contributed by atoms with Crippen molar-refractivity contribution in [3.63, 3.8) is 0 Å². The van der Waals surface area contributed by atoms with Crippen molar-refractivity contribution < 1.29 is 53.7 Å². The maximum absolute atomic E-state index is 12.4. The lowest BCUT2D eigenvalue weighted by Gasteiger charge is -2.44. The van der Waals surface area contributed by atoms with Gasteiger partial charge in [-0.25, -0.2) is 9.59 Å². The van der Waals surface area contributed by atoms with Gasteiger partial charge in [-0.2, -0.15) is 0 Å². The number of phenols is 1. The molecule has 0 unspecified atom stereocenters. The molecule has 0 bridgehead atoms. The maximum atomic E-state index is 12.4. The summed E-state index contributed by atoms with van der Waals surface area (Å²) in [6.45, 7) is 3.36. The van der Waals surface area contributed by atoms with E-state index in [0.29, 0.717) is 12.0 Å². The average molecular weight is 478 g/mol. The van der Waals surface area contributed by atoms with Crippen LogP contribution in [0.4, 0.5) is 0 Å². The molecule has 184 valence electrons. The number of benzene rings is 1. The zero-order chi connectivity index (χ0) is 24.4. The van der Waals surface area contributed by atoms with Crippen molar-refractivity contribution >= 4 is 11.9 Å². The molecule has 0 aromatic heterocycles. The van der Waals surface area contributed by atoms with Crippen molar-refractivity contribution in [3.05, 3.63) is 54.3 Å². The number of aromatic hydroxyl groups is 1. The Bertz CT molecular complexity index is 958. The van der Waals surface area contributed by atoms with Crippen LogP contribution in [-0.4, -0.2) is 82.6 Å². The van der Waals surface area contributed by atoms with Gasteiger partial charge < -0.3 is 44.1 Å². The molecule has 3 heterocycles. The average Bonchev–Trinajstić information content (AvgIpc) is 2.83. The van der Waals surface area contributed by atoms with Gasteiger partial charge in [0.1, 0.15) is 24.1 Å². The zero-order valence-electron chi connectivity index (χ0n) is 18.1. The molecule has 3 aliphatic heterocycles. The molecule has 0 radical (unpaired) electrons. The van der Waals surface area contributed by atoms with Crippen LogP contribution in [0.3, 0.4) is 0 Å². The molecule has 0 saturated carbocycles. The Labute approximate surface area is 194 Å². The molecule has 4 rings (SSSR count). The van der Waals surface area contributed by atoms with E-state index in [1.54, 1.807) is 6.08 Å². The maximum Gasteiger partial charge on any atom is 0.338 e. The highest BCUT2D eigenvalue weighted by atomic mass is 16.8. The lowest BCUT2D eigenvalue weighted by atomic mass is 9.81. The van der Waals surface area contributed by atoms with E-state index < -0.39 is 61.5 Å². The highest BCUT2D eigenvalue weighted by Crippen LogP contribution is 2.39. The highest BCUT2D eigenvalue weighted by Gasteiger charge is 2.50. The van der Waals surface area contributed by atoms with E-state index in [0.717, 1.165) is 0 Å². The van der Waals surface area contributed by atoms with Crippen molar-refractivity contribution in [2.75, 3.05) is 13.2 Å². The van der Waals surface area contributed by atoms with Gasteiger partial charge in [-0.3, -0.25) is 0 Å². The number of hydrogen-bond acceptors (Lipinski definition) is 11. The van der Waals surface area contributed by atoms with Crippen LogP contribution in [0.1, 0.15) is 16.8 Å². The van der Waals surface area contributed by atoms with Gasteiger partial charge in [0.05, 0.1) is 30.6 Å². The number of aliphatic hydroxyl groups is 3. The second-order valence-electron chi connectivity index (χ2n) is 8.18. The minimum atomic E-state index is -1.67. The van der Waals surface area contributed by atoms with Crippen LogP contribution in [0.2, 0.25) is 0 Å². The predicted octanol–water partition coefficient (Wildman–Crippen LogP) is -0.0213. The molecule has 8 atom stereocenters. The number of phenolic OH excluding ortho intramolecular Hbond substituents is 1. The Hall–Kier alpha value is -2.96. The summed E-state index contributed by atoms with van der Waals surface area (Å²) in [5.41, 5.74) is 0.364. The fourth-order valence-electron chi connectivity index (χ4n) is 4.29. The van der Waals surface area contributed by atoms with Crippen molar-refractivity contribution in [1.82, 2.24) is 0 Å². The minimum absolute atomic E-state index is 0.00906. The monoisotopic (exact) mass is 478 g/mol. The lowest BCUT2D eigenvalue weighted by molar-refractivity contribution is -0.339. The van der Waals surface area contributed by atoms with Crippen LogP contribution in [0.5, 0.6) is 5.75 Å².